The fraction of sp³-hybridized carbons (Fsp3) is 0.280. The highest BCUT2D eigenvalue weighted by molar-refractivity contribution is 5.83. The molecule has 0 saturated heterocycles. The first-order valence-corrected chi connectivity index (χ1v) is 10.9. The van der Waals surface area contributed by atoms with Crippen LogP contribution in [0, 0.1) is 6.92 Å². The smallest absolute Gasteiger partial charge is 0.306 e. The lowest BCUT2D eigenvalue weighted by Gasteiger charge is -2.28. The summed E-state index contributed by atoms with van der Waals surface area (Å²) >= 11 is 0. The number of rotatable bonds is 6. The number of imidazole rings is 1. The molecule has 9 heteroatoms. The first-order valence-electron chi connectivity index (χ1n) is 10.9. The third kappa shape index (κ3) is 3.79. The van der Waals surface area contributed by atoms with Crippen LogP contribution in [0.15, 0.2) is 47.7 Å². The minimum atomic E-state index is -0.555. The van der Waals surface area contributed by atoms with Gasteiger partial charge in [-0.15, -0.1) is 0 Å². The fourth-order valence-corrected chi connectivity index (χ4v) is 4.43. The standard InChI is InChI=1S/C25H24N4O5/c1-14-8-21-23(25(31)29(14)7-6-16-12-26-13-27-16)18(11-22(30)33-3)19-10-15-9-17(32-2)4-5-20(15)28-24(19)34-21/h4-5,8-10,12-13,18H,6-7,11H2,1-3H3,(H,26,27)/t18-/m0/s1. The summed E-state index contributed by atoms with van der Waals surface area (Å²) in [7, 11) is 2.94. The Morgan fingerprint density at radius 3 is 2.82 bits per heavy atom. The predicted octanol–water partition coefficient (Wildman–Crippen LogP) is 3.48. The average Bonchev–Trinajstić information content (AvgIpc) is 3.35. The molecule has 1 aliphatic heterocycles. The molecule has 34 heavy (non-hydrogen) atoms. The number of ether oxygens (including phenoxy) is 3. The molecule has 0 aliphatic carbocycles. The van der Waals surface area contributed by atoms with E-state index >= 15 is 0 Å². The van der Waals surface area contributed by atoms with E-state index in [0.717, 1.165) is 22.3 Å². The lowest BCUT2D eigenvalue weighted by molar-refractivity contribution is -0.140. The van der Waals surface area contributed by atoms with Crippen molar-refractivity contribution in [2.24, 2.45) is 0 Å². The lowest BCUT2D eigenvalue weighted by atomic mass is 9.86. The Bertz CT molecular complexity index is 1440. The summed E-state index contributed by atoms with van der Waals surface area (Å²) in [6.07, 6.45) is 3.96. The molecule has 5 rings (SSSR count). The highest BCUT2D eigenvalue weighted by Gasteiger charge is 2.34. The van der Waals surface area contributed by atoms with Gasteiger partial charge in [-0.3, -0.25) is 9.59 Å². The third-order valence-electron chi connectivity index (χ3n) is 6.21. The van der Waals surface area contributed by atoms with Gasteiger partial charge in [0.05, 0.1) is 38.0 Å². The monoisotopic (exact) mass is 460 g/mol. The van der Waals surface area contributed by atoms with E-state index in [1.165, 1.54) is 7.11 Å². The molecule has 9 nitrogen and oxygen atoms in total. The van der Waals surface area contributed by atoms with E-state index in [1.807, 2.05) is 37.3 Å². The van der Waals surface area contributed by atoms with E-state index in [9.17, 15) is 9.59 Å². The van der Waals surface area contributed by atoms with Crippen LogP contribution < -0.4 is 15.0 Å². The summed E-state index contributed by atoms with van der Waals surface area (Å²) in [5.74, 6) is 0.516. The SMILES string of the molecule is COC(=O)C[C@H]1c2cc3cc(OC)ccc3nc2Oc2cc(C)n(CCc3cnc[nH]3)c(=O)c21. The second-order valence-electron chi connectivity index (χ2n) is 8.22. The Morgan fingerprint density at radius 2 is 2.09 bits per heavy atom. The molecule has 0 radical (unpaired) electrons. The number of carbonyl (C=O) groups excluding carboxylic acids is 1. The van der Waals surface area contributed by atoms with Gasteiger partial charge in [0, 0.05) is 53.5 Å². The molecule has 0 unspecified atom stereocenters. The van der Waals surface area contributed by atoms with Gasteiger partial charge in [-0.2, -0.15) is 0 Å². The number of hydrogen-bond acceptors (Lipinski definition) is 7. The van der Waals surface area contributed by atoms with Crippen LogP contribution in [-0.2, 0) is 22.5 Å². The van der Waals surface area contributed by atoms with Crippen molar-refractivity contribution in [3.8, 4) is 17.4 Å². The topological polar surface area (TPSA) is 108 Å². The number of nitrogens with one attached hydrogen (secondary N) is 1. The van der Waals surface area contributed by atoms with Crippen molar-refractivity contribution in [3.63, 3.8) is 0 Å². The maximum absolute atomic E-state index is 13.7. The molecular weight excluding hydrogens is 436 g/mol. The fourth-order valence-electron chi connectivity index (χ4n) is 4.43. The minimum absolute atomic E-state index is 0.00410. The molecule has 0 bridgehead atoms. The normalized spacial score (nSPS) is 14.3. The highest BCUT2D eigenvalue weighted by Crippen LogP contribution is 2.45. The van der Waals surface area contributed by atoms with Crippen LogP contribution in [0.3, 0.4) is 0 Å². The van der Waals surface area contributed by atoms with E-state index in [2.05, 4.69) is 15.0 Å². The second kappa shape index (κ2) is 8.66. The van der Waals surface area contributed by atoms with Crippen LogP contribution in [0.25, 0.3) is 10.9 Å². The van der Waals surface area contributed by atoms with Crippen LogP contribution in [0.4, 0.5) is 0 Å². The number of aryl methyl sites for hydroxylation is 2. The molecule has 4 aromatic rings. The number of hydrogen-bond donors (Lipinski definition) is 1. The predicted molar refractivity (Wildman–Crippen MR) is 125 cm³/mol. The molecular formula is C25H24N4O5. The zero-order chi connectivity index (χ0) is 23.8. The molecule has 3 aromatic heterocycles. The zero-order valence-electron chi connectivity index (χ0n) is 19.1. The van der Waals surface area contributed by atoms with Crippen molar-refractivity contribution in [3.05, 3.63) is 75.7 Å². The van der Waals surface area contributed by atoms with Crippen LogP contribution in [0.2, 0.25) is 0 Å². The summed E-state index contributed by atoms with van der Waals surface area (Å²) in [5.41, 5.74) is 3.32. The van der Waals surface area contributed by atoms with Gasteiger partial charge in [0.25, 0.3) is 5.56 Å². The molecule has 1 N–H and O–H groups in total. The van der Waals surface area contributed by atoms with Crippen LogP contribution in [-0.4, -0.2) is 39.7 Å². The molecule has 0 fully saturated rings. The molecule has 174 valence electrons. The van der Waals surface area contributed by atoms with Gasteiger partial charge in [0.15, 0.2) is 0 Å². The maximum Gasteiger partial charge on any atom is 0.306 e. The van der Waals surface area contributed by atoms with Gasteiger partial charge in [0.2, 0.25) is 5.88 Å². The van der Waals surface area contributed by atoms with Crippen LogP contribution in [0.1, 0.15) is 34.9 Å². The highest BCUT2D eigenvalue weighted by atomic mass is 16.5. The van der Waals surface area contributed by atoms with E-state index in [4.69, 9.17) is 14.2 Å². The summed E-state index contributed by atoms with van der Waals surface area (Å²) < 4.78 is 18.1. The number of carbonyl (C=O) groups is 1. The van der Waals surface area contributed by atoms with Crippen molar-refractivity contribution in [1.82, 2.24) is 19.5 Å². The number of benzene rings is 1. The Hall–Kier alpha value is -4.14. The molecule has 4 heterocycles. The molecule has 1 aromatic carbocycles. The number of esters is 1. The van der Waals surface area contributed by atoms with Crippen molar-refractivity contribution in [2.45, 2.75) is 32.2 Å². The molecule has 0 amide bonds. The summed E-state index contributed by atoms with van der Waals surface area (Å²) in [6.45, 7) is 2.33. The van der Waals surface area contributed by atoms with Gasteiger partial charge in [-0.05, 0) is 31.2 Å². The van der Waals surface area contributed by atoms with E-state index in [0.29, 0.717) is 41.5 Å². The van der Waals surface area contributed by atoms with Gasteiger partial charge in [0.1, 0.15) is 11.5 Å². The van der Waals surface area contributed by atoms with Crippen molar-refractivity contribution in [2.75, 3.05) is 14.2 Å². The number of aromatic nitrogens is 4. The third-order valence-corrected chi connectivity index (χ3v) is 6.21. The summed E-state index contributed by atoms with van der Waals surface area (Å²) in [6, 6.07) is 9.28. The zero-order valence-corrected chi connectivity index (χ0v) is 19.1. The lowest BCUT2D eigenvalue weighted by Crippen LogP contribution is -2.31. The number of fused-ring (bicyclic) bond motifs is 3. The molecule has 0 saturated carbocycles. The Balaban J connectivity index is 1.64. The first-order chi connectivity index (χ1) is 16.5. The summed E-state index contributed by atoms with van der Waals surface area (Å²) in [4.78, 5) is 37.9. The Labute approximate surface area is 195 Å². The second-order valence-corrected chi connectivity index (χ2v) is 8.22. The first kappa shape index (κ1) is 21.7. The largest absolute Gasteiger partial charge is 0.497 e. The van der Waals surface area contributed by atoms with E-state index in [-0.39, 0.29) is 12.0 Å². The van der Waals surface area contributed by atoms with Gasteiger partial charge >= 0.3 is 5.97 Å². The number of H-pyrrole nitrogens is 1. The van der Waals surface area contributed by atoms with Gasteiger partial charge < -0.3 is 23.8 Å². The number of nitrogens with zero attached hydrogens (tertiary/aromatic N) is 3. The minimum Gasteiger partial charge on any atom is -0.497 e. The Kier molecular flexibility index (Phi) is 5.53. The molecule has 0 spiro atoms. The van der Waals surface area contributed by atoms with E-state index < -0.39 is 11.9 Å². The van der Waals surface area contributed by atoms with Crippen LogP contribution >= 0.6 is 0 Å². The molecule has 1 aliphatic rings. The van der Waals surface area contributed by atoms with Crippen molar-refractivity contribution < 1.29 is 19.0 Å². The average molecular weight is 460 g/mol. The number of aromatic amines is 1. The quantitative estimate of drug-likeness (QED) is 0.439. The number of methoxy groups -OCH3 is 2. The van der Waals surface area contributed by atoms with E-state index in [1.54, 1.807) is 24.2 Å². The van der Waals surface area contributed by atoms with Crippen molar-refractivity contribution in [1.29, 1.82) is 0 Å². The Morgan fingerprint density at radius 1 is 1.24 bits per heavy atom. The van der Waals surface area contributed by atoms with Crippen molar-refractivity contribution >= 4 is 16.9 Å². The van der Waals surface area contributed by atoms with Gasteiger partial charge in [-0.1, -0.05) is 0 Å². The molecule has 1 atom stereocenters. The summed E-state index contributed by atoms with van der Waals surface area (Å²) in [5, 5.41) is 0.826. The van der Waals surface area contributed by atoms with Crippen LogP contribution in [0.5, 0.6) is 17.4 Å². The van der Waals surface area contributed by atoms with Gasteiger partial charge in [-0.25, -0.2) is 9.97 Å². The maximum atomic E-state index is 13.7. The number of pyridine rings is 2.